The quantitative estimate of drug-likeness (QED) is 0.595. The van der Waals surface area contributed by atoms with Crippen LogP contribution in [0.5, 0.6) is 0 Å². The minimum absolute atomic E-state index is 0.0194. The summed E-state index contributed by atoms with van der Waals surface area (Å²) in [5.41, 5.74) is 0.354. The third kappa shape index (κ3) is 2.14. The van der Waals surface area contributed by atoms with Crippen LogP contribution >= 0.6 is 0 Å². The number of allylic oxidation sites excluding steroid dienone is 1. The highest BCUT2D eigenvalue weighted by Crippen LogP contribution is 2.41. The van der Waals surface area contributed by atoms with Crippen LogP contribution in [0.25, 0.3) is 0 Å². The van der Waals surface area contributed by atoms with Crippen molar-refractivity contribution in [2.45, 2.75) is 46.1 Å². The molecule has 0 spiro atoms. The van der Waals surface area contributed by atoms with Crippen LogP contribution in [0, 0.1) is 11.3 Å². The second-order valence-electron chi connectivity index (χ2n) is 5.01. The molecule has 0 saturated heterocycles. The largest absolute Gasteiger partial charge is 0.374 e. The second-order valence-corrected chi connectivity index (χ2v) is 5.01. The molecule has 0 bridgehead atoms. The Kier molecular flexibility index (Phi) is 2.86. The van der Waals surface area contributed by atoms with E-state index in [2.05, 4.69) is 39.8 Å². The van der Waals surface area contributed by atoms with E-state index in [1.165, 1.54) is 6.42 Å². The number of rotatable bonds is 2. The Morgan fingerprint density at radius 1 is 1.15 bits per heavy atom. The summed E-state index contributed by atoms with van der Waals surface area (Å²) in [4.78, 5) is 0. The molecular weight excluding hydrogens is 160 g/mol. The fourth-order valence-electron chi connectivity index (χ4n) is 1.70. The van der Waals surface area contributed by atoms with Crippen LogP contribution in [0.1, 0.15) is 40.5 Å². The molecule has 1 aliphatic carbocycles. The van der Waals surface area contributed by atoms with E-state index >= 15 is 0 Å². The first kappa shape index (κ1) is 10.8. The summed E-state index contributed by atoms with van der Waals surface area (Å²) in [6.07, 6.45) is 6.93. The number of methoxy groups -OCH3 is 1. The maximum absolute atomic E-state index is 5.46. The molecule has 0 heterocycles. The lowest BCUT2D eigenvalue weighted by Gasteiger charge is -2.39. The molecule has 76 valence electrons. The molecule has 1 aliphatic rings. The molecule has 1 rings (SSSR count). The van der Waals surface area contributed by atoms with E-state index < -0.39 is 0 Å². The van der Waals surface area contributed by atoms with Crippen molar-refractivity contribution in [1.29, 1.82) is 0 Å². The minimum Gasteiger partial charge on any atom is -0.374 e. The van der Waals surface area contributed by atoms with Crippen LogP contribution in [0.2, 0.25) is 0 Å². The van der Waals surface area contributed by atoms with Gasteiger partial charge in [-0.05, 0) is 31.1 Å². The normalized spacial score (nSPS) is 39.8. The highest BCUT2D eigenvalue weighted by Gasteiger charge is 2.34. The van der Waals surface area contributed by atoms with Crippen molar-refractivity contribution in [2.75, 3.05) is 7.11 Å². The predicted octanol–water partition coefficient (Wildman–Crippen LogP) is 3.40. The van der Waals surface area contributed by atoms with Crippen molar-refractivity contribution >= 4 is 0 Å². The van der Waals surface area contributed by atoms with Crippen molar-refractivity contribution in [1.82, 2.24) is 0 Å². The average Bonchev–Trinajstić information content (AvgIpc) is 2.11. The Hall–Kier alpha value is -0.300. The first-order valence-corrected chi connectivity index (χ1v) is 5.17. The van der Waals surface area contributed by atoms with Gasteiger partial charge in [0.05, 0.1) is 5.60 Å². The number of hydrogen-bond acceptors (Lipinski definition) is 1. The maximum atomic E-state index is 5.46. The first-order valence-electron chi connectivity index (χ1n) is 5.17. The van der Waals surface area contributed by atoms with Gasteiger partial charge < -0.3 is 4.74 Å². The molecule has 1 nitrogen and oxygen atoms in total. The van der Waals surface area contributed by atoms with Gasteiger partial charge in [-0.1, -0.05) is 32.9 Å². The van der Waals surface area contributed by atoms with Gasteiger partial charge in [0.25, 0.3) is 0 Å². The number of hydrogen-bond donors (Lipinski definition) is 0. The van der Waals surface area contributed by atoms with Crippen molar-refractivity contribution < 1.29 is 4.74 Å². The van der Waals surface area contributed by atoms with Crippen LogP contribution in [-0.4, -0.2) is 12.7 Å². The smallest absolute Gasteiger partial charge is 0.0831 e. The minimum atomic E-state index is -0.0194. The summed E-state index contributed by atoms with van der Waals surface area (Å²) in [6.45, 7) is 9.08. The van der Waals surface area contributed by atoms with Crippen LogP contribution in [0.4, 0.5) is 0 Å². The van der Waals surface area contributed by atoms with Gasteiger partial charge in [0.1, 0.15) is 0 Å². The molecule has 2 unspecified atom stereocenters. The van der Waals surface area contributed by atoms with Crippen molar-refractivity contribution in [3.05, 3.63) is 12.2 Å². The van der Waals surface area contributed by atoms with Gasteiger partial charge in [0.2, 0.25) is 0 Å². The van der Waals surface area contributed by atoms with E-state index in [1.54, 1.807) is 7.11 Å². The molecular formula is C12H22O. The second kappa shape index (κ2) is 3.45. The van der Waals surface area contributed by atoms with Crippen LogP contribution in [0.15, 0.2) is 12.2 Å². The van der Waals surface area contributed by atoms with E-state index in [0.29, 0.717) is 11.3 Å². The van der Waals surface area contributed by atoms with Gasteiger partial charge in [0, 0.05) is 7.11 Å². The molecule has 2 atom stereocenters. The zero-order valence-corrected chi connectivity index (χ0v) is 9.55. The predicted molar refractivity (Wildman–Crippen MR) is 56.7 cm³/mol. The zero-order valence-electron chi connectivity index (χ0n) is 9.55. The van der Waals surface area contributed by atoms with Gasteiger partial charge in [-0.2, -0.15) is 0 Å². The molecule has 13 heavy (non-hydrogen) atoms. The van der Waals surface area contributed by atoms with E-state index in [0.717, 1.165) is 6.42 Å². The monoisotopic (exact) mass is 182 g/mol. The molecule has 0 aromatic rings. The zero-order chi connectivity index (χ0) is 10.1. The summed E-state index contributed by atoms with van der Waals surface area (Å²) >= 11 is 0. The molecule has 0 aromatic carbocycles. The summed E-state index contributed by atoms with van der Waals surface area (Å²) in [5.74, 6) is 0.713. The Labute approximate surface area is 82.2 Å². The van der Waals surface area contributed by atoms with Crippen LogP contribution in [-0.2, 0) is 4.74 Å². The fraction of sp³-hybridized carbons (Fsp3) is 0.833. The third-order valence-corrected chi connectivity index (χ3v) is 3.76. The average molecular weight is 182 g/mol. The summed E-state index contributed by atoms with van der Waals surface area (Å²) in [6, 6.07) is 0. The Morgan fingerprint density at radius 2 is 1.77 bits per heavy atom. The lowest BCUT2D eigenvalue weighted by atomic mass is 9.69. The van der Waals surface area contributed by atoms with Crippen LogP contribution < -0.4 is 0 Å². The van der Waals surface area contributed by atoms with Gasteiger partial charge in [-0.15, -0.1) is 0 Å². The van der Waals surface area contributed by atoms with Gasteiger partial charge >= 0.3 is 0 Å². The Balaban J connectivity index is 2.77. The molecule has 0 saturated carbocycles. The lowest BCUT2D eigenvalue weighted by molar-refractivity contribution is 0.0194. The lowest BCUT2D eigenvalue weighted by Crippen LogP contribution is -2.34. The molecule has 0 fully saturated rings. The Bertz CT molecular complexity index is 207. The van der Waals surface area contributed by atoms with Gasteiger partial charge in [0.15, 0.2) is 0 Å². The maximum Gasteiger partial charge on any atom is 0.0831 e. The molecule has 0 aliphatic heterocycles. The van der Waals surface area contributed by atoms with Crippen molar-refractivity contribution in [3.63, 3.8) is 0 Å². The summed E-state index contributed by atoms with van der Waals surface area (Å²) in [5, 5.41) is 0. The van der Waals surface area contributed by atoms with Gasteiger partial charge in [-0.3, -0.25) is 0 Å². The highest BCUT2D eigenvalue weighted by atomic mass is 16.5. The van der Waals surface area contributed by atoms with Gasteiger partial charge in [-0.25, -0.2) is 0 Å². The summed E-state index contributed by atoms with van der Waals surface area (Å²) in [7, 11) is 1.79. The molecule has 0 N–H and O–H groups in total. The molecule has 0 radical (unpaired) electrons. The number of ether oxygens (including phenoxy) is 1. The van der Waals surface area contributed by atoms with E-state index in [1.807, 2.05) is 0 Å². The van der Waals surface area contributed by atoms with E-state index in [9.17, 15) is 0 Å². The topological polar surface area (TPSA) is 9.23 Å². The fourth-order valence-corrected chi connectivity index (χ4v) is 1.70. The molecule has 1 heteroatoms. The standard InChI is InChI=1S/C12H22O/c1-10(2)11(3)6-8-12(4,13-5)9-7-11/h6,8,10H,7,9H2,1-5H3. The van der Waals surface area contributed by atoms with Crippen LogP contribution in [0.3, 0.4) is 0 Å². The molecule has 0 aromatic heterocycles. The first-order chi connectivity index (χ1) is 5.92. The Morgan fingerprint density at radius 3 is 2.08 bits per heavy atom. The van der Waals surface area contributed by atoms with E-state index in [4.69, 9.17) is 4.74 Å². The SMILES string of the molecule is COC1(C)C=CC(C)(C(C)C)CC1. The summed E-state index contributed by atoms with van der Waals surface area (Å²) < 4.78 is 5.46. The van der Waals surface area contributed by atoms with Crippen molar-refractivity contribution in [2.24, 2.45) is 11.3 Å². The molecule has 0 amide bonds. The highest BCUT2D eigenvalue weighted by molar-refractivity contribution is 5.12. The third-order valence-electron chi connectivity index (χ3n) is 3.76. The van der Waals surface area contributed by atoms with E-state index in [-0.39, 0.29) is 5.60 Å². The van der Waals surface area contributed by atoms with Crippen molar-refractivity contribution in [3.8, 4) is 0 Å².